The Bertz CT molecular complexity index is 1270. The molecular weight excluding hydrogens is 545 g/mol. The molecule has 0 saturated carbocycles. The molecule has 0 atom stereocenters. The lowest BCUT2D eigenvalue weighted by Crippen LogP contribution is -2.08. The van der Waals surface area contributed by atoms with Gasteiger partial charge >= 0.3 is 5.97 Å². The molecule has 0 fully saturated rings. The minimum Gasteiger partial charge on any atom is -0.461 e. The summed E-state index contributed by atoms with van der Waals surface area (Å²) in [6, 6.07) is 5.11. The molecule has 0 aliphatic rings. The van der Waals surface area contributed by atoms with Gasteiger partial charge in [-0.1, -0.05) is 79.0 Å². The van der Waals surface area contributed by atoms with Gasteiger partial charge in [0.25, 0.3) is 0 Å². The number of rotatable bonds is 10. The fourth-order valence-corrected chi connectivity index (χ4v) is 3.98. The van der Waals surface area contributed by atoms with Crippen molar-refractivity contribution >= 4 is 46.5 Å². The molecule has 0 bridgehead atoms. The molecule has 0 unspecified atom stereocenters. The quantitative estimate of drug-likeness (QED) is 0.135. The molecule has 38 heavy (non-hydrogen) atoms. The maximum atomic E-state index is 12.4. The van der Waals surface area contributed by atoms with Crippen LogP contribution in [0.25, 0.3) is 17.1 Å². The minimum absolute atomic E-state index is 0.0922. The number of nitrogens with one attached hydrogen (secondary N) is 1. The van der Waals surface area contributed by atoms with Crippen molar-refractivity contribution in [3.05, 3.63) is 93.8 Å². The zero-order valence-corrected chi connectivity index (χ0v) is 24.5. The van der Waals surface area contributed by atoms with Gasteiger partial charge in [-0.05, 0) is 50.6 Å². The van der Waals surface area contributed by atoms with E-state index in [0.717, 1.165) is 6.54 Å². The van der Waals surface area contributed by atoms with Crippen LogP contribution in [0.4, 0.5) is 0 Å². The van der Waals surface area contributed by atoms with Crippen LogP contribution in [0, 0.1) is 11.8 Å². The Morgan fingerprint density at radius 1 is 1.26 bits per heavy atom. The molecule has 1 aromatic carbocycles. The first-order valence-corrected chi connectivity index (χ1v) is 12.8. The highest BCUT2D eigenvalue weighted by Crippen LogP contribution is 2.37. The summed E-state index contributed by atoms with van der Waals surface area (Å²) in [6.45, 7) is 16.1. The van der Waals surface area contributed by atoms with Gasteiger partial charge < -0.3 is 9.57 Å². The molecule has 0 spiro atoms. The number of hydrogen-bond acceptors (Lipinski definition) is 5. The SMILES string of the molecule is C=C/C=C(\C#CC)C(=C)/C=C(Cl)\C(=C/C)n1cc(C(=O)OCC)nc1-c1c(Cl)cccc1Cl.CCNOC. The Kier molecular flexibility index (Phi) is 15.2. The highest BCUT2D eigenvalue weighted by molar-refractivity contribution is 6.39. The van der Waals surface area contributed by atoms with Gasteiger partial charge in [0.2, 0.25) is 0 Å². The Balaban J connectivity index is 0.00000132. The average molecular weight is 577 g/mol. The number of imidazole rings is 1. The summed E-state index contributed by atoms with van der Waals surface area (Å²) in [7, 11) is 1.60. The summed E-state index contributed by atoms with van der Waals surface area (Å²) in [5.41, 5.74) is 4.97. The van der Waals surface area contributed by atoms with Gasteiger partial charge in [0.1, 0.15) is 5.82 Å². The zero-order chi connectivity index (χ0) is 28.7. The van der Waals surface area contributed by atoms with Crippen LogP contribution in [0.1, 0.15) is 38.2 Å². The summed E-state index contributed by atoms with van der Waals surface area (Å²) in [5, 5.41) is 1.09. The van der Waals surface area contributed by atoms with Crippen LogP contribution in [0.5, 0.6) is 0 Å². The first-order valence-electron chi connectivity index (χ1n) is 11.7. The van der Waals surface area contributed by atoms with Crippen LogP contribution in [0.15, 0.2) is 78.0 Å². The van der Waals surface area contributed by atoms with Crippen LogP contribution in [0.2, 0.25) is 10.0 Å². The van der Waals surface area contributed by atoms with Gasteiger partial charge in [0, 0.05) is 18.3 Å². The molecule has 0 saturated heterocycles. The van der Waals surface area contributed by atoms with E-state index in [2.05, 4.69) is 40.3 Å². The summed E-state index contributed by atoms with van der Waals surface area (Å²) >= 11 is 19.6. The van der Waals surface area contributed by atoms with Crippen molar-refractivity contribution in [2.24, 2.45) is 0 Å². The molecule has 0 radical (unpaired) electrons. The average Bonchev–Trinajstić information content (AvgIpc) is 3.30. The number of ether oxygens (including phenoxy) is 1. The molecule has 1 aromatic heterocycles. The van der Waals surface area contributed by atoms with Crippen LogP contribution in [0.3, 0.4) is 0 Å². The normalized spacial score (nSPS) is 11.6. The lowest BCUT2D eigenvalue weighted by Gasteiger charge is -2.14. The maximum Gasteiger partial charge on any atom is 0.358 e. The standard InChI is InChI=1S/C26H23Cl3N2O2.C3H9NO/c1-6-11-18(12-7-2)17(5)15-21(29)23(8-3)31-16-22(26(32)33-9-4)30-25(31)24-19(27)13-10-14-20(24)28;1-3-4-5-2/h6,8,10-11,13-16H,1,5,9H2,2-4H3;4H,3H2,1-2H3/b18-11+,21-15+,23-8+;. The second kappa shape index (κ2) is 17.5. The predicted octanol–water partition coefficient (Wildman–Crippen LogP) is 7.87. The number of hydroxylamine groups is 1. The number of carbonyl (C=O) groups excluding carboxylic acids is 1. The van der Waals surface area contributed by atoms with Gasteiger partial charge in [-0.3, -0.25) is 4.57 Å². The largest absolute Gasteiger partial charge is 0.461 e. The molecule has 9 heteroatoms. The number of halogens is 3. The van der Waals surface area contributed by atoms with E-state index in [1.165, 1.54) is 6.20 Å². The summed E-state index contributed by atoms with van der Waals surface area (Å²) in [4.78, 5) is 21.3. The molecule has 2 aromatic rings. The third kappa shape index (κ3) is 9.36. The molecule has 2 rings (SSSR count). The molecule has 1 heterocycles. The van der Waals surface area contributed by atoms with Crippen molar-refractivity contribution in [3.63, 3.8) is 0 Å². The zero-order valence-electron chi connectivity index (χ0n) is 22.2. The van der Waals surface area contributed by atoms with Gasteiger partial charge in [0.05, 0.1) is 40.1 Å². The molecule has 1 N–H and O–H groups in total. The lowest BCUT2D eigenvalue weighted by atomic mass is 10.1. The number of aromatic nitrogens is 2. The maximum absolute atomic E-state index is 12.4. The third-order valence-electron chi connectivity index (χ3n) is 4.63. The Morgan fingerprint density at radius 3 is 2.39 bits per heavy atom. The van der Waals surface area contributed by atoms with Crippen molar-refractivity contribution in [2.45, 2.75) is 27.7 Å². The summed E-state index contributed by atoms with van der Waals surface area (Å²) in [5.74, 6) is 5.58. The Morgan fingerprint density at radius 2 is 1.92 bits per heavy atom. The lowest BCUT2D eigenvalue weighted by molar-refractivity contribution is 0.0520. The van der Waals surface area contributed by atoms with Crippen LogP contribution in [-0.2, 0) is 9.57 Å². The van der Waals surface area contributed by atoms with E-state index < -0.39 is 5.97 Å². The highest BCUT2D eigenvalue weighted by Gasteiger charge is 2.23. The van der Waals surface area contributed by atoms with E-state index >= 15 is 0 Å². The first kappa shape index (κ1) is 33.0. The monoisotopic (exact) mass is 575 g/mol. The molecule has 6 nitrogen and oxygen atoms in total. The second-order valence-electron chi connectivity index (χ2n) is 7.22. The molecular formula is C29H32Cl3N3O3. The second-order valence-corrected chi connectivity index (χ2v) is 8.44. The van der Waals surface area contributed by atoms with Crippen LogP contribution >= 0.6 is 34.8 Å². The van der Waals surface area contributed by atoms with E-state index in [4.69, 9.17) is 39.5 Å². The van der Waals surface area contributed by atoms with E-state index in [1.54, 1.807) is 68.0 Å². The van der Waals surface area contributed by atoms with E-state index in [-0.39, 0.29) is 12.3 Å². The third-order valence-corrected chi connectivity index (χ3v) is 5.57. The Hall–Kier alpha value is -3.05. The number of hydrogen-bond donors (Lipinski definition) is 1. The number of carbonyl (C=O) groups is 1. The molecule has 0 aliphatic carbocycles. The summed E-state index contributed by atoms with van der Waals surface area (Å²) in [6.07, 6.45) is 8.37. The highest BCUT2D eigenvalue weighted by atomic mass is 35.5. The number of allylic oxidation sites excluding steroid dienone is 8. The molecule has 0 amide bonds. The van der Waals surface area contributed by atoms with Gasteiger partial charge in [0.15, 0.2) is 5.69 Å². The Labute approximate surface area is 240 Å². The number of benzene rings is 1. The first-order chi connectivity index (χ1) is 18.2. The smallest absolute Gasteiger partial charge is 0.358 e. The van der Waals surface area contributed by atoms with Gasteiger partial charge in [-0.15, -0.1) is 5.92 Å². The fraction of sp³-hybridized carbons (Fsp3) is 0.241. The molecule has 202 valence electrons. The number of esters is 1. The van der Waals surface area contributed by atoms with E-state index in [9.17, 15) is 4.79 Å². The fourth-order valence-electron chi connectivity index (χ4n) is 3.08. The molecule has 0 aliphatic heterocycles. The number of nitrogens with zero attached hydrogens (tertiary/aromatic N) is 2. The van der Waals surface area contributed by atoms with Crippen LogP contribution < -0.4 is 5.48 Å². The van der Waals surface area contributed by atoms with E-state index in [1.807, 2.05) is 13.8 Å². The topological polar surface area (TPSA) is 65.4 Å². The predicted molar refractivity (Wildman–Crippen MR) is 159 cm³/mol. The minimum atomic E-state index is -0.574. The van der Waals surface area contributed by atoms with Gasteiger partial charge in [-0.2, -0.15) is 0 Å². The van der Waals surface area contributed by atoms with Crippen molar-refractivity contribution in [2.75, 3.05) is 20.3 Å². The van der Waals surface area contributed by atoms with Crippen molar-refractivity contribution in [1.82, 2.24) is 15.0 Å². The van der Waals surface area contributed by atoms with E-state index in [0.29, 0.717) is 43.3 Å². The van der Waals surface area contributed by atoms with Gasteiger partial charge in [-0.25, -0.2) is 15.3 Å². The van der Waals surface area contributed by atoms with Crippen molar-refractivity contribution < 1.29 is 14.4 Å². The van der Waals surface area contributed by atoms with Crippen molar-refractivity contribution in [3.8, 4) is 23.2 Å². The summed E-state index contributed by atoms with van der Waals surface area (Å²) < 4.78 is 6.77. The van der Waals surface area contributed by atoms with Crippen LogP contribution in [-0.4, -0.2) is 35.8 Å². The van der Waals surface area contributed by atoms with Crippen molar-refractivity contribution in [1.29, 1.82) is 0 Å².